The first-order chi connectivity index (χ1) is 17.8. The fourth-order valence-corrected chi connectivity index (χ4v) is 5.83. The molecule has 1 aliphatic rings. The van der Waals surface area contributed by atoms with E-state index in [-0.39, 0.29) is 22.1 Å². The number of piperazine rings is 1. The first-order valence-corrected chi connectivity index (χ1v) is 14.3. The SMILES string of the molecule is CCCOc1ncc(S(=O)(=O)N2CCN(CC)CC2)cc1-c1nc2c(CC)n(CCNC)nc2c(=O)[nH]1. The summed E-state index contributed by atoms with van der Waals surface area (Å²) < 4.78 is 36.1. The van der Waals surface area contributed by atoms with Gasteiger partial charge in [0.25, 0.3) is 5.56 Å². The second-order valence-corrected chi connectivity index (χ2v) is 10.9. The number of H-pyrrole nitrogens is 1. The lowest BCUT2D eigenvalue weighted by Gasteiger charge is -2.33. The van der Waals surface area contributed by atoms with E-state index < -0.39 is 15.6 Å². The number of pyridine rings is 1. The fourth-order valence-electron chi connectivity index (χ4n) is 4.44. The minimum absolute atomic E-state index is 0.0412. The number of rotatable bonds is 11. The van der Waals surface area contributed by atoms with E-state index in [1.165, 1.54) is 16.6 Å². The molecule has 37 heavy (non-hydrogen) atoms. The molecule has 1 fully saturated rings. The quantitative estimate of drug-likeness (QED) is 0.371. The normalized spacial score (nSPS) is 15.5. The third kappa shape index (κ3) is 5.54. The Morgan fingerprint density at radius 2 is 1.89 bits per heavy atom. The number of likely N-dealkylation sites (N-methyl/N-ethyl adjacent to an activating group) is 2. The van der Waals surface area contributed by atoms with Crippen LogP contribution in [0.15, 0.2) is 22.0 Å². The van der Waals surface area contributed by atoms with Crippen LogP contribution in [0.3, 0.4) is 0 Å². The van der Waals surface area contributed by atoms with E-state index in [9.17, 15) is 13.2 Å². The van der Waals surface area contributed by atoms with Gasteiger partial charge in [0.05, 0.1) is 30.6 Å². The molecule has 1 saturated heterocycles. The number of hydrogen-bond acceptors (Lipinski definition) is 9. The summed E-state index contributed by atoms with van der Waals surface area (Å²) in [6.07, 6.45) is 2.69. The number of nitrogens with zero attached hydrogens (tertiary/aromatic N) is 6. The number of aryl methyl sites for hydroxylation is 1. The lowest BCUT2D eigenvalue weighted by Crippen LogP contribution is -2.48. The molecule has 0 aromatic carbocycles. The number of aromatic nitrogens is 5. The lowest BCUT2D eigenvalue weighted by molar-refractivity contribution is 0.196. The van der Waals surface area contributed by atoms with Gasteiger partial charge in [0, 0.05) is 32.7 Å². The van der Waals surface area contributed by atoms with Crippen LogP contribution >= 0.6 is 0 Å². The van der Waals surface area contributed by atoms with E-state index in [2.05, 4.69) is 32.2 Å². The van der Waals surface area contributed by atoms with Crippen molar-refractivity contribution in [2.24, 2.45) is 0 Å². The van der Waals surface area contributed by atoms with Gasteiger partial charge in [-0.1, -0.05) is 20.8 Å². The zero-order valence-electron chi connectivity index (χ0n) is 22.0. The molecular weight excluding hydrogens is 496 g/mol. The maximum absolute atomic E-state index is 13.5. The highest BCUT2D eigenvalue weighted by molar-refractivity contribution is 7.89. The highest BCUT2D eigenvalue weighted by Gasteiger charge is 2.30. The molecule has 4 rings (SSSR count). The highest BCUT2D eigenvalue weighted by atomic mass is 32.2. The molecule has 0 saturated carbocycles. The van der Waals surface area contributed by atoms with E-state index in [0.29, 0.717) is 63.4 Å². The molecular formula is C24H36N8O4S. The summed E-state index contributed by atoms with van der Waals surface area (Å²) in [5, 5.41) is 7.56. The van der Waals surface area contributed by atoms with Gasteiger partial charge >= 0.3 is 0 Å². The Labute approximate surface area is 217 Å². The molecule has 0 spiro atoms. The van der Waals surface area contributed by atoms with Crippen LogP contribution in [-0.2, 0) is 23.0 Å². The number of ether oxygens (including phenoxy) is 1. The van der Waals surface area contributed by atoms with Crippen molar-refractivity contribution in [2.75, 3.05) is 52.9 Å². The second-order valence-electron chi connectivity index (χ2n) is 8.95. The molecule has 4 heterocycles. The van der Waals surface area contributed by atoms with Crippen LogP contribution in [-0.4, -0.2) is 95.3 Å². The summed E-state index contributed by atoms with van der Waals surface area (Å²) in [7, 11) is -1.93. The van der Waals surface area contributed by atoms with Crippen LogP contribution in [0.25, 0.3) is 22.4 Å². The molecule has 0 radical (unpaired) electrons. The Hall–Kier alpha value is -2.87. The second kappa shape index (κ2) is 11.7. The van der Waals surface area contributed by atoms with Gasteiger partial charge in [0.1, 0.15) is 16.2 Å². The molecule has 0 atom stereocenters. The lowest BCUT2D eigenvalue weighted by atomic mass is 10.2. The Balaban J connectivity index is 1.81. The van der Waals surface area contributed by atoms with Crippen LogP contribution < -0.4 is 15.6 Å². The van der Waals surface area contributed by atoms with E-state index in [0.717, 1.165) is 18.7 Å². The van der Waals surface area contributed by atoms with Gasteiger partial charge in [-0.2, -0.15) is 9.40 Å². The Kier molecular flexibility index (Phi) is 8.57. The van der Waals surface area contributed by atoms with Gasteiger partial charge in [0.15, 0.2) is 5.52 Å². The molecule has 0 aliphatic carbocycles. The maximum atomic E-state index is 13.5. The predicted octanol–water partition coefficient (Wildman–Crippen LogP) is 1.08. The monoisotopic (exact) mass is 532 g/mol. The van der Waals surface area contributed by atoms with E-state index in [4.69, 9.17) is 9.72 Å². The summed E-state index contributed by atoms with van der Waals surface area (Å²) in [5.74, 6) is 0.423. The van der Waals surface area contributed by atoms with Gasteiger partial charge in [-0.3, -0.25) is 9.48 Å². The van der Waals surface area contributed by atoms with E-state index in [1.807, 2.05) is 20.9 Å². The van der Waals surface area contributed by atoms with Crippen molar-refractivity contribution < 1.29 is 13.2 Å². The molecule has 12 nitrogen and oxygen atoms in total. The maximum Gasteiger partial charge on any atom is 0.279 e. The standard InChI is InChI=1S/C24H36N8O4S/c1-5-14-36-24-18(15-17(16-26-24)37(34,35)31-12-10-30(7-3)11-13-31)22-27-20-19(6-2)32(9-8-25-4)29-21(20)23(33)28-22/h15-16,25H,5-14H2,1-4H3,(H,27,28,33). The molecule has 13 heteroatoms. The van der Waals surface area contributed by atoms with Gasteiger partial charge in [0.2, 0.25) is 15.9 Å². The zero-order valence-corrected chi connectivity index (χ0v) is 22.8. The fraction of sp³-hybridized carbons (Fsp3) is 0.583. The average Bonchev–Trinajstić information content (AvgIpc) is 3.28. The Bertz CT molecular complexity index is 1390. The number of hydrogen-bond donors (Lipinski definition) is 2. The van der Waals surface area contributed by atoms with Crippen molar-refractivity contribution in [3.63, 3.8) is 0 Å². The highest BCUT2D eigenvalue weighted by Crippen LogP contribution is 2.30. The van der Waals surface area contributed by atoms with Crippen molar-refractivity contribution in [1.29, 1.82) is 0 Å². The smallest absolute Gasteiger partial charge is 0.279 e. The molecule has 3 aromatic rings. The largest absolute Gasteiger partial charge is 0.477 e. The van der Waals surface area contributed by atoms with Gasteiger partial charge in [-0.15, -0.1) is 0 Å². The molecule has 0 amide bonds. The molecule has 1 aliphatic heterocycles. The van der Waals surface area contributed by atoms with Crippen LogP contribution in [0.5, 0.6) is 5.88 Å². The Morgan fingerprint density at radius 3 is 2.54 bits per heavy atom. The first kappa shape index (κ1) is 27.2. The summed E-state index contributed by atoms with van der Waals surface area (Å²) in [5.41, 5.74) is 1.49. The third-order valence-corrected chi connectivity index (χ3v) is 8.41. The van der Waals surface area contributed by atoms with Crippen molar-refractivity contribution in [1.82, 2.24) is 39.3 Å². The molecule has 3 aromatic heterocycles. The van der Waals surface area contributed by atoms with Crippen LogP contribution in [0.2, 0.25) is 0 Å². The van der Waals surface area contributed by atoms with E-state index >= 15 is 0 Å². The molecule has 2 N–H and O–H groups in total. The van der Waals surface area contributed by atoms with Gasteiger partial charge < -0.3 is 19.9 Å². The zero-order chi connectivity index (χ0) is 26.6. The predicted molar refractivity (Wildman–Crippen MR) is 141 cm³/mol. The average molecular weight is 533 g/mol. The van der Waals surface area contributed by atoms with E-state index in [1.54, 1.807) is 4.68 Å². The van der Waals surface area contributed by atoms with Gasteiger partial charge in [-0.05, 0) is 32.5 Å². The van der Waals surface area contributed by atoms with Crippen molar-refractivity contribution in [3.8, 4) is 17.3 Å². The van der Waals surface area contributed by atoms with Crippen LogP contribution in [0, 0.1) is 0 Å². The summed E-state index contributed by atoms with van der Waals surface area (Å²) in [6, 6.07) is 1.50. The minimum atomic E-state index is -3.79. The summed E-state index contributed by atoms with van der Waals surface area (Å²) >= 11 is 0. The number of sulfonamides is 1. The van der Waals surface area contributed by atoms with Crippen molar-refractivity contribution in [3.05, 3.63) is 28.3 Å². The number of nitrogens with one attached hydrogen (secondary N) is 2. The number of fused-ring (bicyclic) bond motifs is 1. The Morgan fingerprint density at radius 1 is 1.14 bits per heavy atom. The van der Waals surface area contributed by atoms with Crippen LogP contribution in [0.4, 0.5) is 0 Å². The van der Waals surface area contributed by atoms with Gasteiger partial charge in [-0.25, -0.2) is 18.4 Å². The molecule has 0 bridgehead atoms. The van der Waals surface area contributed by atoms with Crippen molar-refractivity contribution >= 4 is 21.1 Å². The summed E-state index contributed by atoms with van der Waals surface area (Å²) in [6.45, 7) is 10.7. The molecule has 202 valence electrons. The van der Waals surface area contributed by atoms with Crippen LogP contribution in [0.1, 0.15) is 32.9 Å². The third-order valence-electron chi connectivity index (χ3n) is 6.55. The molecule has 0 unspecified atom stereocenters. The van der Waals surface area contributed by atoms with Crippen molar-refractivity contribution in [2.45, 2.75) is 45.1 Å². The first-order valence-electron chi connectivity index (χ1n) is 12.8. The topological polar surface area (TPSA) is 138 Å². The minimum Gasteiger partial charge on any atom is -0.477 e. The summed E-state index contributed by atoms with van der Waals surface area (Å²) in [4.78, 5) is 27.2. The number of aromatic amines is 1.